The highest BCUT2D eigenvalue weighted by Gasteiger charge is 2.67. The SMILES string of the molecule is [N-]=[N+]=NCCOC[C@@]12C[C@@H]1N(C(=O)CNC(=O)c1ccc3c(c1)-c1ccccc1C3(F)F)[C@H](C(=O)O)C2. The van der Waals surface area contributed by atoms with E-state index >= 15 is 0 Å². The zero-order chi connectivity index (χ0) is 26.4. The lowest BCUT2D eigenvalue weighted by atomic mass is 10.0. The molecule has 3 atom stereocenters. The predicted octanol–water partition coefficient (Wildman–Crippen LogP) is 3.31. The van der Waals surface area contributed by atoms with Gasteiger partial charge in [0.25, 0.3) is 11.8 Å². The van der Waals surface area contributed by atoms with E-state index in [1.165, 1.54) is 35.2 Å². The zero-order valence-electron chi connectivity index (χ0n) is 19.6. The number of piperidine rings is 1. The maximum absolute atomic E-state index is 14.8. The maximum Gasteiger partial charge on any atom is 0.326 e. The van der Waals surface area contributed by atoms with Crippen molar-refractivity contribution in [1.29, 1.82) is 0 Å². The Kier molecular flexibility index (Phi) is 6.09. The van der Waals surface area contributed by atoms with Crippen molar-refractivity contribution in [3.63, 3.8) is 0 Å². The number of carboxylic acids is 1. The summed E-state index contributed by atoms with van der Waals surface area (Å²) in [4.78, 5) is 41.5. The molecule has 2 fully saturated rings. The average molecular weight is 511 g/mol. The lowest BCUT2D eigenvalue weighted by molar-refractivity contribution is -0.149. The number of aliphatic carboxylic acids is 1. The summed E-state index contributed by atoms with van der Waals surface area (Å²) in [5.74, 6) is -5.48. The van der Waals surface area contributed by atoms with Gasteiger partial charge in [-0.3, -0.25) is 9.59 Å². The number of hydrogen-bond donors (Lipinski definition) is 2. The highest BCUT2D eigenvalue weighted by atomic mass is 19.3. The molecule has 2 aliphatic carbocycles. The summed E-state index contributed by atoms with van der Waals surface area (Å²) in [5.41, 5.74) is 8.26. The topological polar surface area (TPSA) is 145 Å². The Morgan fingerprint density at radius 3 is 2.68 bits per heavy atom. The molecule has 5 rings (SSSR count). The Hall–Kier alpha value is -4.02. The highest BCUT2D eigenvalue weighted by Crippen LogP contribution is 2.59. The maximum atomic E-state index is 14.8. The number of fused-ring (bicyclic) bond motifs is 4. The molecule has 0 radical (unpaired) electrons. The molecule has 2 N–H and O–H groups in total. The second-order valence-electron chi connectivity index (χ2n) is 9.51. The van der Waals surface area contributed by atoms with E-state index < -0.39 is 41.7 Å². The van der Waals surface area contributed by atoms with Crippen molar-refractivity contribution in [2.24, 2.45) is 10.5 Å². The smallest absolute Gasteiger partial charge is 0.326 e. The van der Waals surface area contributed by atoms with E-state index in [2.05, 4.69) is 15.3 Å². The van der Waals surface area contributed by atoms with Crippen LogP contribution >= 0.6 is 0 Å². The predicted molar refractivity (Wildman–Crippen MR) is 126 cm³/mol. The van der Waals surface area contributed by atoms with Gasteiger partial charge in [-0.25, -0.2) is 4.79 Å². The van der Waals surface area contributed by atoms with E-state index in [1.807, 2.05) is 0 Å². The van der Waals surface area contributed by atoms with Gasteiger partial charge in [0.15, 0.2) is 0 Å². The third kappa shape index (κ3) is 4.17. The lowest BCUT2D eigenvalue weighted by Crippen LogP contribution is -2.47. The minimum atomic E-state index is -3.16. The van der Waals surface area contributed by atoms with Crippen molar-refractivity contribution in [1.82, 2.24) is 10.2 Å². The highest BCUT2D eigenvalue weighted by molar-refractivity contribution is 5.99. The van der Waals surface area contributed by atoms with Gasteiger partial charge >= 0.3 is 5.97 Å². The number of halogens is 2. The Bertz CT molecular complexity index is 1340. The molecule has 0 aromatic heterocycles. The van der Waals surface area contributed by atoms with E-state index in [0.717, 1.165) is 0 Å². The summed E-state index contributed by atoms with van der Waals surface area (Å²) in [6, 6.07) is 8.62. The van der Waals surface area contributed by atoms with Crippen molar-refractivity contribution in [3.8, 4) is 11.1 Å². The minimum absolute atomic E-state index is 0.115. The second-order valence-corrected chi connectivity index (χ2v) is 9.51. The summed E-state index contributed by atoms with van der Waals surface area (Å²) in [5, 5.41) is 15.5. The van der Waals surface area contributed by atoms with E-state index in [4.69, 9.17) is 10.3 Å². The molecule has 2 aromatic rings. The Labute approximate surface area is 209 Å². The Morgan fingerprint density at radius 1 is 1.16 bits per heavy atom. The summed E-state index contributed by atoms with van der Waals surface area (Å²) < 4.78 is 35.1. The first-order valence-corrected chi connectivity index (χ1v) is 11.7. The number of nitrogens with one attached hydrogen (secondary N) is 1. The monoisotopic (exact) mass is 511 g/mol. The molecule has 10 nitrogen and oxygen atoms in total. The average Bonchev–Trinajstić information content (AvgIpc) is 3.41. The van der Waals surface area contributed by atoms with E-state index in [1.54, 1.807) is 12.1 Å². The van der Waals surface area contributed by atoms with Crippen molar-refractivity contribution >= 4 is 17.8 Å². The van der Waals surface area contributed by atoms with Gasteiger partial charge in [0.1, 0.15) is 6.04 Å². The molecular formula is C25H23F2N5O5. The number of amides is 2. The summed E-state index contributed by atoms with van der Waals surface area (Å²) in [7, 11) is 0. The van der Waals surface area contributed by atoms with Crippen LogP contribution in [-0.4, -0.2) is 66.2 Å². The van der Waals surface area contributed by atoms with Gasteiger partial charge in [-0.05, 0) is 41.6 Å². The first kappa shape index (κ1) is 24.7. The number of hydrogen-bond acceptors (Lipinski definition) is 5. The molecule has 2 aromatic carbocycles. The number of benzene rings is 2. The molecule has 1 aliphatic heterocycles. The molecule has 3 aliphatic rings. The quantitative estimate of drug-likeness (QED) is 0.230. The van der Waals surface area contributed by atoms with Crippen molar-refractivity contribution in [2.75, 3.05) is 26.3 Å². The summed E-state index contributed by atoms with van der Waals surface area (Å²) in [6.45, 7) is 0.147. The van der Waals surface area contributed by atoms with Crippen molar-refractivity contribution in [2.45, 2.75) is 30.8 Å². The Morgan fingerprint density at radius 2 is 1.92 bits per heavy atom. The van der Waals surface area contributed by atoms with Gasteiger partial charge < -0.3 is 20.1 Å². The summed E-state index contributed by atoms with van der Waals surface area (Å²) in [6.07, 6.45) is 0.809. The van der Waals surface area contributed by atoms with E-state index in [-0.39, 0.29) is 54.5 Å². The van der Waals surface area contributed by atoms with E-state index in [0.29, 0.717) is 12.0 Å². The number of alkyl halides is 2. The molecule has 37 heavy (non-hydrogen) atoms. The molecule has 0 bridgehead atoms. The summed E-state index contributed by atoms with van der Waals surface area (Å²) >= 11 is 0. The zero-order valence-corrected chi connectivity index (χ0v) is 19.6. The molecule has 12 heteroatoms. The third-order valence-corrected chi connectivity index (χ3v) is 7.36. The molecule has 1 saturated heterocycles. The number of likely N-dealkylation sites (tertiary alicyclic amines) is 1. The number of carboxylic acid groups (broad SMARTS) is 1. The standard InChI is InChI=1S/C25H23F2N5O5/c26-25(27)17-4-2-1-3-15(17)16-9-14(5-6-18(16)25)22(34)29-12-21(33)32-19(23(35)36)10-24(11-20(24)32)13-37-8-7-30-31-28/h1-6,9,19-20H,7-8,10-13H2,(H,29,34)(H,35,36)/t19-,20-,24+/m0/s1. The fraction of sp³-hybridized carbons (Fsp3) is 0.400. The number of carbonyl (C=O) groups is 3. The van der Waals surface area contributed by atoms with Crippen LogP contribution in [0.1, 0.15) is 34.3 Å². The second kappa shape index (κ2) is 9.13. The molecular weight excluding hydrogens is 488 g/mol. The first-order chi connectivity index (χ1) is 17.7. The molecule has 2 amide bonds. The minimum Gasteiger partial charge on any atom is -0.480 e. The van der Waals surface area contributed by atoms with Gasteiger partial charge in [0.2, 0.25) is 5.91 Å². The van der Waals surface area contributed by atoms with E-state index in [9.17, 15) is 28.3 Å². The fourth-order valence-electron chi connectivity index (χ4n) is 5.50. The lowest BCUT2D eigenvalue weighted by Gasteiger charge is -2.24. The molecule has 0 spiro atoms. The number of azide groups is 1. The van der Waals surface area contributed by atoms with Crippen LogP contribution in [0.15, 0.2) is 47.6 Å². The van der Waals surface area contributed by atoms with Crippen LogP contribution in [0.3, 0.4) is 0 Å². The van der Waals surface area contributed by atoms with Crippen LogP contribution in [0, 0.1) is 5.41 Å². The number of nitrogens with zero attached hydrogens (tertiary/aromatic N) is 4. The van der Waals surface area contributed by atoms with Gasteiger partial charge in [-0.1, -0.05) is 35.4 Å². The fourth-order valence-corrected chi connectivity index (χ4v) is 5.50. The van der Waals surface area contributed by atoms with Crippen LogP contribution in [0.2, 0.25) is 0 Å². The van der Waals surface area contributed by atoms with Crippen LogP contribution in [0.5, 0.6) is 0 Å². The number of ether oxygens (including phenoxy) is 1. The third-order valence-electron chi connectivity index (χ3n) is 7.36. The molecule has 0 unspecified atom stereocenters. The van der Waals surface area contributed by atoms with Crippen molar-refractivity contribution in [3.05, 3.63) is 69.6 Å². The number of rotatable bonds is 9. The van der Waals surface area contributed by atoms with Gasteiger partial charge in [-0.2, -0.15) is 8.78 Å². The van der Waals surface area contributed by atoms with Gasteiger partial charge in [0.05, 0.1) is 19.8 Å². The van der Waals surface area contributed by atoms with Gasteiger partial charge in [-0.15, -0.1) is 0 Å². The molecule has 1 saturated carbocycles. The molecule has 1 heterocycles. The van der Waals surface area contributed by atoms with Crippen LogP contribution in [0.25, 0.3) is 21.6 Å². The first-order valence-electron chi connectivity index (χ1n) is 11.7. The van der Waals surface area contributed by atoms with Crippen LogP contribution in [-0.2, 0) is 20.2 Å². The van der Waals surface area contributed by atoms with Crippen molar-refractivity contribution < 1.29 is 33.0 Å². The van der Waals surface area contributed by atoms with Gasteiger partial charge in [0, 0.05) is 39.6 Å². The Balaban J connectivity index is 1.24. The largest absolute Gasteiger partial charge is 0.480 e. The number of carbonyl (C=O) groups excluding carboxylic acids is 2. The van der Waals surface area contributed by atoms with Crippen LogP contribution < -0.4 is 5.32 Å². The molecule has 192 valence electrons. The normalized spacial score (nSPS) is 23.9. The van der Waals surface area contributed by atoms with Crippen LogP contribution in [0.4, 0.5) is 8.78 Å².